The van der Waals surface area contributed by atoms with Gasteiger partial charge in [-0.2, -0.15) is 0 Å². The molecule has 0 saturated carbocycles. The third kappa shape index (κ3) is 9.40. The summed E-state index contributed by atoms with van der Waals surface area (Å²) in [5.41, 5.74) is 5.42. The minimum atomic E-state index is -1.05. The van der Waals surface area contributed by atoms with Crippen LogP contribution in [0.3, 0.4) is 0 Å². The van der Waals surface area contributed by atoms with Crippen LogP contribution in [0.2, 0.25) is 0 Å². The molecule has 2 aliphatic rings. The van der Waals surface area contributed by atoms with E-state index in [1.807, 2.05) is 50.3 Å². The second-order valence-corrected chi connectivity index (χ2v) is 12.4. The lowest BCUT2D eigenvalue weighted by Gasteiger charge is -2.35. The molecule has 0 aliphatic carbocycles. The van der Waals surface area contributed by atoms with Crippen molar-refractivity contribution in [3.8, 4) is 5.75 Å². The van der Waals surface area contributed by atoms with Gasteiger partial charge < -0.3 is 25.2 Å². The fourth-order valence-corrected chi connectivity index (χ4v) is 5.77. The number of phenolic OH excluding ortho intramolecular Hbond substituents is 1. The number of nitrogens with one attached hydrogen (secondary N) is 3. The standard InChI is InChI=1S/C35H46N4O7/c1-22(2)31-33(42)36-29(20-25-12-8-14-27(40)19-25)34(43)39-17-9-15-28(38-39)35(44)46-21-26-13-7-11-24(18-26)10-5-6-16-30(45-4)23(3)32(41)37-31/h5,7-8,10-14,18-19,22-23,28-31,38,40H,6,9,15-17,20-21H2,1-4H3,(H,36,42)(H,37,41). The van der Waals surface area contributed by atoms with Crippen molar-refractivity contribution in [1.29, 1.82) is 0 Å². The molecule has 4 N–H and O–H groups in total. The van der Waals surface area contributed by atoms with Gasteiger partial charge in [-0.1, -0.05) is 63.3 Å². The minimum absolute atomic E-state index is 0.0311. The maximum Gasteiger partial charge on any atom is 0.325 e. The van der Waals surface area contributed by atoms with Crippen molar-refractivity contribution in [2.75, 3.05) is 13.7 Å². The van der Waals surface area contributed by atoms with E-state index in [-0.39, 0.29) is 36.7 Å². The lowest BCUT2D eigenvalue weighted by atomic mass is 9.96. The van der Waals surface area contributed by atoms with Gasteiger partial charge in [-0.25, -0.2) is 5.43 Å². The summed E-state index contributed by atoms with van der Waals surface area (Å²) in [4.78, 5) is 54.2. The minimum Gasteiger partial charge on any atom is -0.508 e. The van der Waals surface area contributed by atoms with Gasteiger partial charge in [-0.3, -0.25) is 24.2 Å². The molecule has 1 fully saturated rings. The summed E-state index contributed by atoms with van der Waals surface area (Å²) in [6.07, 6.45) is 5.97. The molecule has 2 aromatic rings. The van der Waals surface area contributed by atoms with Gasteiger partial charge in [-0.05, 0) is 66.5 Å². The number of fused-ring (bicyclic) bond motifs is 4. The Labute approximate surface area is 270 Å². The summed E-state index contributed by atoms with van der Waals surface area (Å²) < 4.78 is 11.3. The fraction of sp³-hybridized carbons (Fsp3) is 0.486. The Kier molecular flexibility index (Phi) is 12.3. The number of phenols is 1. The van der Waals surface area contributed by atoms with Crippen molar-refractivity contribution in [2.24, 2.45) is 11.8 Å². The second-order valence-electron chi connectivity index (χ2n) is 12.4. The van der Waals surface area contributed by atoms with E-state index in [2.05, 4.69) is 16.1 Å². The number of hydrogen-bond acceptors (Lipinski definition) is 8. The Morgan fingerprint density at radius 1 is 1.02 bits per heavy atom. The molecule has 0 spiro atoms. The molecule has 2 heterocycles. The number of esters is 1. The first kappa shape index (κ1) is 34.6. The molecular formula is C35H46N4O7. The van der Waals surface area contributed by atoms with E-state index in [1.54, 1.807) is 26.2 Å². The first-order valence-electron chi connectivity index (χ1n) is 16.0. The Hall–Kier alpha value is -4.22. The van der Waals surface area contributed by atoms with E-state index in [4.69, 9.17) is 9.47 Å². The SMILES string of the molecule is COC1CCC=Cc2cccc(c2)COC(=O)C2CCCN(N2)C(=O)C(Cc2cccc(O)c2)NC(=O)C(C(C)C)NC(=O)C1C. The molecule has 248 valence electrons. The molecule has 46 heavy (non-hydrogen) atoms. The predicted octanol–water partition coefficient (Wildman–Crippen LogP) is 3.26. The number of allylic oxidation sites excluding steroid dienone is 1. The van der Waals surface area contributed by atoms with Gasteiger partial charge in [-0.15, -0.1) is 0 Å². The molecule has 11 heteroatoms. The highest BCUT2D eigenvalue weighted by molar-refractivity contribution is 5.93. The number of rotatable bonds is 4. The molecular weight excluding hydrogens is 588 g/mol. The highest BCUT2D eigenvalue weighted by Crippen LogP contribution is 2.19. The number of hydrogen-bond donors (Lipinski definition) is 4. The third-order valence-electron chi connectivity index (χ3n) is 8.48. The number of benzene rings is 2. The summed E-state index contributed by atoms with van der Waals surface area (Å²) in [5, 5.41) is 17.2. The van der Waals surface area contributed by atoms with Crippen molar-refractivity contribution in [3.05, 3.63) is 71.3 Å². The van der Waals surface area contributed by atoms with Gasteiger partial charge in [0.05, 0.1) is 12.0 Å². The van der Waals surface area contributed by atoms with Crippen molar-refractivity contribution in [3.63, 3.8) is 0 Å². The Morgan fingerprint density at radius 3 is 2.54 bits per heavy atom. The van der Waals surface area contributed by atoms with Gasteiger partial charge >= 0.3 is 5.97 Å². The van der Waals surface area contributed by atoms with Crippen LogP contribution < -0.4 is 16.1 Å². The molecule has 0 radical (unpaired) electrons. The first-order valence-corrected chi connectivity index (χ1v) is 16.0. The summed E-state index contributed by atoms with van der Waals surface area (Å²) in [6.45, 7) is 5.82. The number of methoxy groups -OCH3 is 1. The Morgan fingerprint density at radius 2 is 1.80 bits per heavy atom. The smallest absolute Gasteiger partial charge is 0.325 e. The van der Waals surface area contributed by atoms with Crippen LogP contribution in [0.25, 0.3) is 6.08 Å². The number of cyclic esters (lactones) is 1. The van der Waals surface area contributed by atoms with Gasteiger partial charge in [0, 0.05) is 20.1 Å². The average molecular weight is 635 g/mol. The third-order valence-corrected chi connectivity index (χ3v) is 8.48. The van der Waals surface area contributed by atoms with Crippen molar-refractivity contribution >= 4 is 29.8 Å². The molecule has 4 rings (SSSR count). The largest absolute Gasteiger partial charge is 0.508 e. The lowest BCUT2D eigenvalue weighted by molar-refractivity contribution is -0.154. The first-order chi connectivity index (χ1) is 22.0. The average Bonchev–Trinajstić information content (AvgIpc) is 3.04. The Bertz CT molecular complexity index is 1410. The highest BCUT2D eigenvalue weighted by Gasteiger charge is 2.36. The molecule has 5 atom stereocenters. The fourth-order valence-electron chi connectivity index (χ4n) is 5.77. The topological polar surface area (TPSA) is 146 Å². The van der Waals surface area contributed by atoms with E-state index in [9.17, 15) is 24.3 Å². The molecule has 3 amide bonds. The van der Waals surface area contributed by atoms with Crippen molar-refractivity contribution < 1.29 is 33.8 Å². The number of nitrogens with zero attached hydrogens (tertiary/aromatic N) is 1. The van der Waals surface area contributed by atoms with Gasteiger partial charge in [0.2, 0.25) is 11.8 Å². The van der Waals surface area contributed by atoms with Crippen molar-refractivity contribution in [1.82, 2.24) is 21.1 Å². The van der Waals surface area contributed by atoms with Gasteiger partial charge in [0.1, 0.15) is 30.5 Å². The molecule has 5 unspecified atom stereocenters. The van der Waals surface area contributed by atoms with Crippen LogP contribution in [0.5, 0.6) is 5.75 Å². The maximum atomic E-state index is 14.0. The summed E-state index contributed by atoms with van der Waals surface area (Å²) in [6, 6.07) is 11.4. The zero-order chi connectivity index (χ0) is 33.2. The van der Waals surface area contributed by atoms with E-state index in [0.29, 0.717) is 37.8 Å². The maximum absolute atomic E-state index is 14.0. The molecule has 2 aromatic carbocycles. The monoisotopic (exact) mass is 634 g/mol. The normalized spacial score (nSPS) is 25.6. The second kappa shape index (κ2) is 16.4. The lowest BCUT2D eigenvalue weighted by Crippen LogP contribution is -2.62. The van der Waals surface area contributed by atoms with E-state index in [0.717, 1.165) is 11.1 Å². The quantitative estimate of drug-likeness (QED) is 0.375. The molecule has 0 aromatic heterocycles. The molecule has 2 aliphatic heterocycles. The highest BCUT2D eigenvalue weighted by atomic mass is 16.5. The number of carbonyl (C=O) groups is 4. The summed E-state index contributed by atoms with van der Waals surface area (Å²) in [5.74, 6) is -2.55. The molecule has 4 bridgehead atoms. The Balaban J connectivity index is 1.64. The molecule has 1 saturated heterocycles. The van der Waals surface area contributed by atoms with E-state index in [1.165, 1.54) is 17.1 Å². The summed E-state index contributed by atoms with van der Waals surface area (Å²) in [7, 11) is 1.57. The number of ether oxygens (including phenoxy) is 2. The number of aromatic hydroxyl groups is 1. The van der Waals surface area contributed by atoms with E-state index >= 15 is 0 Å². The summed E-state index contributed by atoms with van der Waals surface area (Å²) >= 11 is 0. The van der Waals surface area contributed by atoms with Gasteiger partial charge in [0.15, 0.2) is 0 Å². The van der Waals surface area contributed by atoms with Crippen LogP contribution in [0.1, 0.15) is 63.1 Å². The number of carbonyl (C=O) groups excluding carboxylic acids is 4. The predicted molar refractivity (Wildman–Crippen MR) is 173 cm³/mol. The van der Waals surface area contributed by atoms with Crippen LogP contribution in [0, 0.1) is 11.8 Å². The zero-order valence-corrected chi connectivity index (χ0v) is 27.0. The zero-order valence-electron chi connectivity index (χ0n) is 27.0. The van der Waals surface area contributed by atoms with Crippen molar-refractivity contribution in [2.45, 2.75) is 83.7 Å². The van der Waals surface area contributed by atoms with Crippen LogP contribution in [0.15, 0.2) is 54.6 Å². The van der Waals surface area contributed by atoms with Crippen LogP contribution in [0.4, 0.5) is 0 Å². The van der Waals surface area contributed by atoms with Gasteiger partial charge in [0.25, 0.3) is 5.91 Å². The van der Waals surface area contributed by atoms with Crippen LogP contribution >= 0.6 is 0 Å². The number of hydrazine groups is 1. The van der Waals surface area contributed by atoms with E-state index < -0.39 is 41.8 Å². The van der Waals surface area contributed by atoms with Crippen LogP contribution in [-0.4, -0.2) is 71.7 Å². The van der Waals surface area contributed by atoms with Crippen LogP contribution in [-0.2, 0) is 41.7 Å². The molecule has 11 nitrogen and oxygen atoms in total. The number of amides is 3.